The molecule has 142 valence electrons. The highest BCUT2D eigenvalue weighted by molar-refractivity contribution is 7.90. The van der Waals surface area contributed by atoms with E-state index in [-0.39, 0.29) is 4.90 Å². The van der Waals surface area contributed by atoms with Crippen LogP contribution >= 0.6 is 12.2 Å². The number of nitrogens with zero attached hydrogens (tertiary/aromatic N) is 2. The number of hydrogen-bond donors (Lipinski definition) is 2. The lowest BCUT2D eigenvalue weighted by molar-refractivity contribution is 0.416. The number of rotatable bonds is 5. The first-order chi connectivity index (χ1) is 12.8. The molecule has 0 aliphatic carbocycles. The molecule has 3 rings (SSSR count). The first-order valence-electron chi connectivity index (χ1n) is 8.24. The number of benzene rings is 2. The largest absolute Gasteiger partial charge is 0.495 e. The van der Waals surface area contributed by atoms with E-state index < -0.39 is 9.84 Å². The lowest BCUT2D eigenvalue weighted by atomic mass is 10.2. The van der Waals surface area contributed by atoms with E-state index in [1.54, 1.807) is 12.3 Å². The number of fused-ring (bicyclic) bond motifs is 1. The minimum absolute atomic E-state index is 0.180. The Hall–Kier alpha value is -2.65. The minimum atomic E-state index is -3.34. The molecule has 9 heteroatoms. The van der Waals surface area contributed by atoms with Crippen LogP contribution in [0, 0.1) is 0 Å². The molecule has 0 saturated heterocycles. The van der Waals surface area contributed by atoms with Gasteiger partial charge in [0.1, 0.15) is 5.75 Å². The highest BCUT2D eigenvalue weighted by Gasteiger charge is 2.13. The van der Waals surface area contributed by atoms with Gasteiger partial charge in [0, 0.05) is 18.2 Å². The Morgan fingerprint density at radius 1 is 1.22 bits per heavy atom. The Morgan fingerprint density at radius 3 is 2.63 bits per heavy atom. The molecule has 0 spiro atoms. The molecule has 0 atom stereocenters. The van der Waals surface area contributed by atoms with Crippen molar-refractivity contribution in [3.63, 3.8) is 0 Å². The molecule has 0 aliphatic heterocycles. The van der Waals surface area contributed by atoms with Gasteiger partial charge in [-0.1, -0.05) is 6.07 Å². The van der Waals surface area contributed by atoms with Crippen molar-refractivity contribution in [2.24, 2.45) is 0 Å². The molecule has 0 aliphatic rings. The van der Waals surface area contributed by atoms with Crippen molar-refractivity contribution in [2.45, 2.75) is 18.4 Å². The number of aromatic nitrogens is 2. The van der Waals surface area contributed by atoms with Crippen molar-refractivity contribution in [3.8, 4) is 5.75 Å². The van der Waals surface area contributed by atoms with E-state index in [1.807, 2.05) is 29.8 Å². The third-order valence-electron chi connectivity index (χ3n) is 4.08. The third kappa shape index (κ3) is 4.04. The molecular formula is C18H20N4O3S2. The highest BCUT2D eigenvalue weighted by Crippen LogP contribution is 2.28. The van der Waals surface area contributed by atoms with Crippen LogP contribution in [0.3, 0.4) is 0 Å². The molecule has 1 heterocycles. The summed E-state index contributed by atoms with van der Waals surface area (Å²) in [6.07, 6.45) is 2.94. The quantitative estimate of drug-likeness (QED) is 0.631. The number of methoxy groups -OCH3 is 1. The van der Waals surface area contributed by atoms with Crippen molar-refractivity contribution in [1.29, 1.82) is 0 Å². The van der Waals surface area contributed by atoms with Crippen molar-refractivity contribution in [1.82, 2.24) is 9.78 Å². The molecule has 0 unspecified atom stereocenters. The smallest absolute Gasteiger partial charge is 0.175 e. The summed E-state index contributed by atoms with van der Waals surface area (Å²) >= 11 is 5.41. The van der Waals surface area contributed by atoms with Gasteiger partial charge in [0.05, 0.1) is 35.1 Å². The van der Waals surface area contributed by atoms with Gasteiger partial charge in [0.25, 0.3) is 0 Å². The van der Waals surface area contributed by atoms with Crippen LogP contribution in [-0.2, 0) is 16.4 Å². The van der Waals surface area contributed by atoms with Crippen LogP contribution < -0.4 is 15.4 Å². The van der Waals surface area contributed by atoms with E-state index in [4.69, 9.17) is 17.0 Å². The van der Waals surface area contributed by atoms with Crippen LogP contribution in [0.2, 0.25) is 0 Å². The molecule has 0 fully saturated rings. The predicted molar refractivity (Wildman–Crippen MR) is 111 cm³/mol. The Kier molecular flexibility index (Phi) is 5.33. The molecule has 27 heavy (non-hydrogen) atoms. The van der Waals surface area contributed by atoms with E-state index >= 15 is 0 Å². The van der Waals surface area contributed by atoms with Gasteiger partial charge >= 0.3 is 0 Å². The maximum absolute atomic E-state index is 11.8. The zero-order valence-electron chi connectivity index (χ0n) is 15.2. The summed E-state index contributed by atoms with van der Waals surface area (Å²) in [5.41, 5.74) is 2.28. The summed E-state index contributed by atoms with van der Waals surface area (Å²) in [7, 11) is -1.83. The van der Waals surface area contributed by atoms with Gasteiger partial charge in [-0.05, 0) is 49.5 Å². The topological polar surface area (TPSA) is 85.3 Å². The molecule has 2 aromatic carbocycles. The first kappa shape index (κ1) is 19.1. The minimum Gasteiger partial charge on any atom is -0.495 e. The van der Waals surface area contributed by atoms with E-state index in [9.17, 15) is 8.42 Å². The molecule has 0 bridgehead atoms. The molecule has 3 aromatic rings. The normalized spacial score (nSPS) is 11.4. The van der Waals surface area contributed by atoms with Crippen molar-refractivity contribution >= 4 is 49.4 Å². The van der Waals surface area contributed by atoms with Crippen LogP contribution in [-0.4, -0.2) is 36.7 Å². The number of aryl methyl sites for hydroxylation is 1. The van der Waals surface area contributed by atoms with E-state index in [0.717, 1.165) is 29.4 Å². The average molecular weight is 405 g/mol. The second kappa shape index (κ2) is 7.53. The van der Waals surface area contributed by atoms with Gasteiger partial charge in [-0.25, -0.2) is 8.42 Å². The molecule has 1 aromatic heterocycles. The van der Waals surface area contributed by atoms with Gasteiger partial charge in [0.2, 0.25) is 0 Å². The summed E-state index contributed by atoms with van der Waals surface area (Å²) in [4.78, 5) is 0.180. The van der Waals surface area contributed by atoms with E-state index in [0.29, 0.717) is 16.5 Å². The number of thiocarbonyl (C=S) groups is 1. The fraction of sp³-hybridized carbons (Fsp3) is 0.222. The highest BCUT2D eigenvalue weighted by atomic mass is 32.2. The molecule has 7 nitrogen and oxygen atoms in total. The van der Waals surface area contributed by atoms with Crippen molar-refractivity contribution in [2.75, 3.05) is 24.0 Å². The lowest BCUT2D eigenvalue weighted by Crippen LogP contribution is -2.20. The summed E-state index contributed by atoms with van der Waals surface area (Å²) in [6, 6.07) is 10.4. The predicted octanol–water partition coefficient (Wildman–Crippen LogP) is 3.28. The Labute approximate surface area is 163 Å². The van der Waals surface area contributed by atoms with Gasteiger partial charge in [-0.15, -0.1) is 0 Å². The first-order valence-corrected chi connectivity index (χ1v) is 10.5. The fourth-order valence-corrected chi connectivity index (χ4v) is 3.62. The van der Waals surface area contributed by atoms with Gasteiger partial charge < -0.3 is 15.4 Å². The summed E-state index contributed by atoms with van der Waals surface area (Å²) < 4.78 is 30.8. The number of ether oxygens (including phenoxy) is 1. The Bertz CT molecular complexity index is 1110. The molecular weight excluding hydrogens is 384 g/mol. The SMILES string of the molecule is CCn1ncc2c(NC(=S)Nc3cc(S(C)(=O)=O)ccc3OC)cccc21. The summed E-state index contributed by atoms with van der Waals surface area (Å²) in [5, 5.41) is 11.8. The van der Waals surface area contributed by atoms with Gasteiger partial charge in [-0.2, -0.15) is 5.10 Å². The number of sulfone groups is 1. The van der Waals surface area contributed by atoms with Gasteiger partial charge in [0.15, 0.2) is 14.9 Å². The van der Waals surface area contributed by atoms with Crippen LogP contribution in [0.5, 0.6) is 5.75 Å². The molecule has 2 N–H and O–H groups in total. The standard InChI is InChI=1S/C18H20N4O3S2/c1-4-22-16-7-5-6-14(13(16)11-19-22)20-18(26)21-15-10-12(27(3,23)24)8-9-17(15)25-2/h5-11H,4H2,1-3H3,(H2,20,21,26). The number of hydrogen-bond acceptors (Lipinski definition) is 5. The maximum atomic E-state index is 11.8. The fourth-order valence-electron chi connectivity index (χ4n) is 2.76. The van der Waals surface area contributed by atoms with E-state index in [1.165, 1.54) is 19.2 Å². The zero-order chi connectivity index (χ0) is 19.6. The Balaban J connectivity index is 1.87. The maximum Gasteiger partial charge on any atom is 0.175 e. The van der Waals surface area contributed by atoms with Crippen LogP contribution in [0.25, 0.3) is 10.9 Å². The van der Waals surface area contributed by atoms with Crippen molar-refractivity contribution < 1.29 is 13.2 Å². The van der Waals surface area contributed by atoms with Crippen LogP contribution in [0.4, 0.5) is 11.4 Å². The number of anilines is 2. The molecule has 0 radical (unpaired) electrons. The molecule has 0 saturated carbocycles. The van der Waals surface area contributed by atoms with E-state index in [2.05, 4.69) is 15.7 Å². The van der Waals surface area contributed by atoms with Gasteiger partial charge in [-0.3, -0.25) is 4.68 Å². The monoisotopic (exact) mass is 404 g/mol. The zero-order valence-corrected chi connectivity index (χ0v) is 16.8. The lowest BCUT2D eigenvalue weighted by Gasteiger charge is -2.15. The van der Waals surface area contributed by atoms with Crippen LogP contribution in [0.1, 0.15) is 6.92 Å². The molecule has 0 amide bonds. The third-order valence-corrected chi connectivity index (χ3v) is 5.40. The second-order valence-electron chi connectivity index (χ2n) is 5.91. The Morgan fingerprint density at radius 2 is 1.96 bits per heavy atom. The second-order valence-corrected chi connectivity index (χ2v) is 8.34. The number of nitrogens with one attached hydrogen (secondary N) is 2. The van der Waals surface area contributed by atoms with Crippen molar-refractivity contribution in [3.05, 3.63) is 42.6 Å². The summed E-state index contributed by atoms with van der Waals surface area (Å²) in [5.74, 6) is 0.489. The average Bonchev–Trinajstić information content (AvgIpc) is 3.05. The summed E-state index contributed by atoms with van der Waals surface area (Å²) in [6.45, 7) is 2.80. The van der Waals surface area contributed by atoms with Crippen LogP contribution in [0.15, 0.2) is 47.5 Å².